The molecule has 4 nitrogen and oxygen atoms in total. The van der Waals surface area contributed by atoms with Crippen molar-refractivity contribution < 1.29 is 10.0 Å². The molecule has 2 fully saturated rings. The number of rotatable bonds is 0. The summed E-state index contributed by atoms with van der Waals surface area (Å²) in [5.74, 6) is 0. The summed E-state index contributed by atoms with van der Waals surface area (Å²) in [5, 5.41) is 10.3. The molecule has 2 unspecified atom stereocenters. The van der Waals surface area contributed by atoms with Crippen LogP contribution in [0.2, 0.25) is 0 Å². The third-order valence-electron chi connectivity index (χ3n) is 2.97. The summed E-state index contributed by atoms with van der Waals surface area (Å²) >= 11 is 0. The van der Waals surface area contributed by atoms with Gasteiger partial charge in [0.25, 0.3) is 0 Å². The van der Waals surface area contributed by atoms with Gasteiger partial charge in [0.15, 0.2) is 0 Å². The normalized spacial score (nSPS) is 36.2. The van der Waals surface area contributed by atoms with E-state index >= 15 is 0 Å². The first kappa shape index (κ1) is 8.56. The fourth-order valence-corrected chi connectivity index (χ4v) is 2.15. The lowest BCUT2D eigenvalue weighted by Crippen LogP contribution is -2.38. The summed E-state index contributed by atoms with van der Waals surface area (Å²) in [6.07, 6.45) is 2.88. The lowest BCUT2D eigenvalue weighted by Gasteiger charge is -2.29. The molecule has 0 aliphatic carbocycles. The van der Waals surface area contributed by atoms with Crippen molar-refractivity contribution in [3.05, 3.63) is 11.6 Å². The highest BCUT2D eigenvalue weighted by molar-refractivity contribution is 5.77. The van der Waals surface area contributed by atoms with E-state index in [1.165, 1.54) is 0 Å². The monoisotopic (exact) mass is 182 g/mol. The van der Waals surface area contributed by atoms with E-state index in [2.05, 4.69) is 0 Å². The first-order chi connectivity index (χ1) is 6.15. The van der Waals surface area contributed by atoms with E-state index < -0.39 is 0 Å². The second-order valence-corrected chi connectivity index (χ2v) is 3.71. The predicted octanol–water partition coefficient (Wildman–Crippen LogP) is 1.22. The van der Waals surface area contributed by atoms with Gasteiger partial charge in [-0.25, -0.2) is 4.79 Å². The Morgan fingerprint density at radius 2 is 2.31 bits per heavy atom. The molecule has 2 bridgehead atoms. The molecule has 0 radical (unpaired) electrons. The summed E-state index contributed by atoms with van der Waals surface area (Å²) in [6.45, 7) is 4.60. The molecule has 0 aromatic carbocycles. The molecule has 2 aliphatic rings. The van der Waals surface area contributed by atoms with Crippen molar-refractivity contribution in [3.63, 3.8) is 0 Å². The number of allylic oxidation sites excluding steroid dienone is 1. The van der Waals surface area contributed by atoms with Crippen LogP contribution in [-0.4, -0.2) is 39.8 Å². The first-order valence-corrected chi connectivity index (χ1v) is 4.59. The van der Waals surface area contributed by atoms with E-state index in [1.54, 1.807) is 4.90 Å². The summed E-state index contributed by atoms with van der Waals surface area (Å²) in [5.41, 5.74) is 1.16. The van der Waals surface area contributed by atoms with E-state index in [1.807, 2.05) is 19.9 Å². The second kappa shape index (κ2) is 2.73. The maximum absolute atomic E-state index is 11.4. The summed E-state index contributed by atoms with van der Waals surface area (Å²) < 4.78 is 0. The lowest BCUT2D eigenvalue weighted by atomic mass is 9.95. The van der Waals surface area contributed by atoms with Crippen molar-refractivity contribution in [1.82, 2.24) is 9.96 Å². The average Bonchev–Trinajstić information content (AvgIpc) is 2.38. The second-order valence-electron chi connectivity index (χ2n) is 3.71. The number of carbonyl (C=O) groups is 1. The van der Waals surface area contributed by atoms with Crippen molar-refractivity contribution in [2.75, 3.05) is 6.54 Å². The zero-order valence-electron chi connectivity index (χ0n) is 7.90. The van der Waals surface area contributed by atoms with Crippen molar-refractivity contribution in [3.8, 4) is 0 Å². The number of fused-ring (bicyclic) bond motifs is 2. The minimum atomic E-state index is -0.255. The Hall–Kier alpha value is -1.03. The van der Waals surface area contributed by atoms with E-state index in [4.69, 9.17) is 0 Å². The fraction of sp³-hybridized carbons (Fsp3) is 0.667. The number of amides is 2. The number of urea groups is 1. The molecule has 2 atom stereocenters. The molecule has 2 saturated heterocycles. The molecule has 2 amide bonds. The maximum Gasteiger partial charge on any atom is 0.344 e. The number of carbonyl (C=O) groups excluding carboxylic acids is 1. The van der Waals surface area contributed by atoms with E-state index in [0.29, 0.717) is 6.54 Å². The van der Waals surface area contributed by atoms with E-state index in [9.17, 15) is 10.0 Å². The predicted molar refractivity (Wildman–Crippen MR) is 47.4 cm³/mol. The van der Waals surface area contributed by atoms with Gasteiger partial charge >= 0.3 is 6.03 Å². The number of hydroxylamine groups is 2. The van der Waals surface area contributed by atoms with E-state index in [-0.39, 0.29) is 18.1 Å². The van der Waals surface area contributed by atoms with Gasteiger partial charge in [-0.15, -0.1) is 0 Å². The third-order valence-corrected chi connectivity index (χ3v) is 2.97. The Morgan fingerprint density at radius 3 is 2.92 bits per heavy atom. The highest BCUT2D eigenvalue weighted by atomic mass is 16.5. The van der Waals surface area contributed by atoms with Gasteiger partial charge in [-0.1, -0.05) is 6.08 Å². The summed E-state index contributed by atoms with van der Waals surface area (Å²) in [7, 11) is 0. The van der Waals surface area contributed by atoms with E-state index in [0.717, 1.165) is 17.1 Å². The molecule has 1 N–H and O–H groups in total. The topological polar surface area (TPSA) is 43.8 Å². The average molecular weight is 182 g/mol. The van der Waals surface area contributed by atoms with Crippen LogP contribution in [0.3, 0.4) is 0 Å². The quantitative estimate of drug-likeness (QED) is 0.452. The Balaban J connectivity index is 2.33. The van der Waals surface area contributed by atoms with Crippen LogP contribution in [0.1, 0.15) is 20.3 Å². The van der Waals surface area contributed by atoms with Gasteiger partial charge < -0.3 is 4.90 Å². The minimum absolute atomic E-state index is 0.103. The molecular weight excluding hydrogens is 168 g/mol. The first-order valence-electron chi connectivity index (χ1n) is 4.59. The number of hydrogen-bond acceptors (Lipinski definition) is 2. The molecule has 2 aliphatic heterocycles. The zero-order valence-corrected chi connectivity index (χ0v) is 7.90. The van der Waals surface area contributed by atoms with Crippen molar-refractivity contribution in [2.45, 2.75) is 32.4 Å². The molecule has 2 rings (SSSR count). The number of hydrogen-bond donors (Lipinski definition) is 1. The Kier molecular flexibility index (Phi) is 1.80. The Morgan fingerprint density at radius 1 is 1.62 bits per heavy atom. The highest BCUT2D eigenvalue weighted by Crippen LogP contribution is 2.31. The SMILES string of the molecule is C/C=C1/CC(C)N2CC1N(O)C2=O. The Bertz CT molecular complexity index is 275. The van der Waals surface area contributed by atoms with Crippen LogP contribution in [0, 0.1) is 0 Å². The van der Waals surface area contributed by atoms with Gasteiger partial charge in [0.05, 0.1) is 6.04 Å². The molecule has 13 heavy (non-hydrogen) atoms. The molecule has 2 heterocycles. The van der Waals surface area contributed by atoms with Gasteiger partial charge in [0.2, 0.25) is 0 Å². The summed E-state index contributed by atoms with van der Waals surface area (Å²) in [4.78, 5) is 13.2. The molecule has 4 heteroatoms. The van der Waals surface area contributed by atoms with Crippen LogP contribution < -0.4 is 0 Å². The standard InChI is InChI=1S/C9H14N2O2/c1-3-7-4-6(2)10-5-8(7)11(13)9(10)12/h3,6,8,13H,4-5H2,1-2H3/b7-3-. The molecule has 0 saturated carbocycles. The fourth-order valence-electron chi connectivity index (χ4n) is 2.15. The van der Waals surface area contributed by atoms with Gasteiger partial charge in [0, 0.05) is 12.6 Å². The molecule has 0 aromatic heterocycles. The maximum atomic E-state index is 11.4. The van der Waals surface area contributed by atoms with Crippen molar-refractivity contribution in [1.29, 1.82) is 0 Å². The van der Waals surface area contributed by atoms with Crippen molar-refractivity contribution >= 4 is 6.03 Å². The molecular formula is C9H14N2O2. The zero-order chi connectivity index (χ0) is 9.59. The molecule has 0 spiro atoms. The summed E-state index contributed by atoms with van der Waals surface area (Å²) in [6, 6.07) is -0.143. The third kappa shape index (κ3) is 1.05. The minimum Gasteiger partial charge on any atom is -0.317 e. The van der Waals surface area contributed by atoms with Crippen LogP contribution in [0.25, 0.3) is 0 Å². The number of piperidine rings is 1. The largest absolute Gasteiger partial charge is 0.344 e. The van der Waals surface area contributed by atoms with Gasteiger partial charge in [-0.05, 0) is 25.8 Å². The smallest absolute Gasteiger partial charge is 0.317 e. The highest BCUT2D eigenvalue weighted by Gasteiger charge is 2.44. The Labute approximate surface area is 77.4 Å². The van der Waals surface area contributed by atoms with Crippen LogP contribution >= 0.6 is 0 Å². The van der Waals surface area contributed by atoms with Crippen LogP contribution in [0.15, 0.2) is 11.6 Å². The van der Waals surface area contributed by atoms with Crippen LogP contribution in [0.5, 0.6) is 0 Å². The van der Waals surface area contributed by atoms with Gasteiger partial charge in [-0.2, -0.15) is 5.06 Å². The molecule has 0 aromatic rings. The lowest BCUT2D eigenvalue weighted by molar-refractivity contribution is -0.0476. The van der Waals surface area contributed by atoms with Crippen molar-refractivity contribution in [2.24, 2.45) is 0 Å². The number of nitrogens with zero attached hydrogens (tertiary/aromatic N) is 2. The molecule has 72 valence electrons. The van der Waals surface area contributed by atoms with Gasteiger partial charge in [-0.3, -0.25) is 5.21 Å². The van der Waals surface area contributed by atoms with Crippen LogP contribution in [-0.2, 0) is 0 Å². The van der Waals surface area contributed by atoms with Crippen LogP contribution in [0.4, 0.5) is 4.79 Å². The van der Waals surface area contributed by atoms with Gasteiger partial charge in [0.1, 0.15) is 0 Å².